The molecule has 1 aliphatic heterocycles. The van der Waals surface area contributed by atoms with Crippen LogP contribution in [0.1, 0.15) is 33.6 Å². The van der Waals surface area contributed by atoms with E-state index in [4.69, 9.17) is 0 Å². The van der Waals surface area contributed by atoms with Crippen LogP contribution in [0.4, 0.5) is 10.2 Å². The Balaban J connectivity index is 1.63. The van der Waals surface area contributed by atoms with Crippen molar-refractivity contribution in [1.82, 2.24) is 25.5 Å². The molecule has 2 aromatic heterocycles. The number of nitrogens with zero attached hydrogens (tertiary/aromatic N) is 4. The Kier molecular flexibility index (Phi) is 4.15. The summed E-state index contributed by atoms with van der Waals surface area (Å²) in [5.74, 6) is 0.646. The fourth-order valence-corrected chi connectivity index (χ4v) is 2.80. The summed E-state index contributed by atoms with van der Waals surface area (Å²) in [6.45, 7) is 6.60. The minimum Gasteiger partial charge on any atom is -0.356 e. The van der Waals surface area contributed by atoms with Gasteiger partial charge in [-0.15, -0.1) is 0 Å². The number of aromatic nitrogens is 4. The lowest BCUT2D eigenvalue weighted by Crippen LogP contribution is -2.50. The summed E-state index contributed by atoms with van der Waals surface area (Å²) in [5.41, 5.74) is -1.21. The number of amides is 1. The first-order valence-corrected chi connectivity index (χ1v) is 8.15. The predicted molar refractivity (Wildman–Crippen MR) is 89.4 cm³/mol. The van der Waals surface area contributed by atoms with Gasteiger partial charge in [-0.1, -0.05) is 20.8 Å². The Bertz CT molecular complexity index is 729. The highest BCUT2D eigenvalue weighted by molar-refractivity contribution is 5.86. The fourth-order valence-electron chi connectivity index (χ4n) is 2.80. The minimum absolute atomic E-state index is 0.0574. The third kappa shape index (κ3) is 3.32. The monoisotopic (exact) mass is 334 g/mol. The van der Waals surface area contributed by atoms with E-state index in [0.717, 1.165) is 11.2 Å². The lowest BCUT2D eigenvalue weighted by Gasteiger charge is -2.37. The molecule has 1 aliphatic rings. The van der Waals surface area contributed by atoms with Gasteiger partial charge in [0.15, 0.2) is 5.65 Å². The largest absolute Gasteiger partial charge is 0.356 e. The van der Waals surface area contributed by atoms with Gasteiger partial charge in [-0.05, 0) is 0 Å². The van der Waals surface area contributed by atoms with Crippen LogP contribution in [-0.2, 0) is 4.79 Å². The number of fused-ring (bicyclic) bond motifs is 1. The molecule has 0 saturated carbocycles. The number of carbonyl (C=O) groups excluding carboxylic acids is 1. The van der Waals surface area contributed by atoms with Gasteiger partial charge in [-0.3, -0.25) is 9.89 Å². The first-order chi connectivity index (χ1) is 11.3. The molecule has 24 heavy (non-hydrogen) atoms. The van der Waals surface area contributed by atoms with Gasteiger partial charge in [0.2, 0.25) is 5.91 Å². The molecule has 7 nitrogen and oxygen atoms in total. The van der Waals surface area contributed by atoms with Crippen LogP contribution in [0.15, 0.2) is 12.5 Å². The van der Waals surface area contributed by atoms with Crippen LogP contribution in [0.5, 0.6) is 0 Å². The number of H-pyrrole nitrogens is 1. The topological polar surface area (TPSA) is 86.8 Å². The fraction of sp³-hybridized carbons (Fsp3) is 0.625. The smallest absolute Gasteiger partial charge is 0.225 e. The van der Waals surface area contributed by atoms with Crippen LogP contribution < -0.4 is 10.2 Å². The van der Waals surface area contributed by atoms with Gasteiger partial charge in [-0.25, -0.2) is 14.4 Å². The van der Waals surface area contributed by atoms with Gasteiger partial charge in [0.25, 0.3) is 0 Å². The van der Waals surface area contributed by atoms with Crippen molar-refractivity contribution in [3.05, 3.63) is 12.5 Å². The molecule has 0 unspecified atom stereocenters. The molecule has 8 heteroatoms. The molecule has 3 heterocycles. The number of nitrogens with one attached hydrogen (secondary N) is 2. The maximum atomic E-state index is 15.0. The molecule has 130 valence electrons. The molecule has 1 amide bonds. The zero-order valence-electron chi connectivity index (χ0n) is 14.3. The van der Waals surface area contributed by atoms with Crippen LogP contribution in [0.2, 0.25) is 0 Å². The average molecular weight is 334 g/mol. The number of rotatable bonds is 3. The van der Waals surface area contributed by atoms with Gasteiger partial charge in [0, 0.05) is 31.3 Å². The van der Waals surface area contributed by atoms with Crippen LogP contribution in [-0.4, -0.2) is 51.4 Å². The van der Waals surface area contributed by atoms with Crippen molar-refractivity contribution in [2.75, 3.05) is 24.5 Å². The molecule has 0 bridgehead atoms. The Morgan fingerprint density at radius 3 is 2.75 bits per heavy atom. The number of hydrogen-bond donors (Lipinski definition) is 2. The Morgan fingerprint density at radius 1 is 1.38 bits per heavy atom. The van der Waals surface area contributed by atoms with Crippen molar-refractivity contribution < 1.29 is 9.18 Å². The van der Waals surface area contributed by atoms with Gasteiger partial charge in [0.05, 0.1) is 18.1 Å². The van der Waals surface area contributed by atoms with Crippen LogP contribution in [0.25, 0.3) is 11.0 Å². The highest BCUT2D eigenvalue weighted by Crippen LogP contribution is 2.30. The molecule has 2 N–H and O–H groups in total. The number of anilines is 1. The SMILES string of the molecule is CC(C)(C)C(=O)NCC1(F)CCN(c2ncnc3[nH]ncc23)CC1. The number of carbonyl (C=O) groups is 1. The predicted octanol–water partition coefficient (Wildman–Crippen LogP) is 1.82. The standard InChI is InChI=1S/C16H23FN6O/c1-15(2,3)14(24)18-9-16(17)4-6-23(7-5-16)13-11-8-21-22-12(11)19-10-20-13/h8,10H,4-7,9H2,1-3H3,(H,18,24)(H,19,20,21,22). The normalized spacial score (nSPS) is 17.9. The van der Waals surface area contributed by atoms with E-state index in [-0.39, 0.29) is 12.5 Å². The van der Waals surface area contributed by atoms with Crippen LogP contribution in [0, 0.1) is 5.41 Å². The molecule has 0 spiro atoms. The van der Waals surface area contributed by atoms with Crippen LogP contribution >= 0.6 is 0 Å². The molecule has 0 aliphatic carbocycles. The summed E-state index contributed by atoms with van der Waals surface area (Å²) in [4.78, 5) is 22.4. The molecule has 3 rings (SSSR count). The minimum atomic E-state index is -1.38. The Hall–Kier alpha value is -2.25. The van der Waals surface area contributed by atoms with Crippen molar-refractivity contribution in [2.24, 2.45) is 5.41 Å². The van der Waals surface area contributed by atoms with E-state index in [0.29, 0.717) is 31.6 Å². The van der Waals surface area contributed by atoms with Gasteiger partial charge >= 0.3 is 0 Å². The molecular formula is C16H23FN6O. The average Bonchev–Trinajstić information content (AvgIpc) is 3.01. The van der Waals surface area contributed by atoms with E-state index in [1.807, 2.05) is 25.7 Å². The molecular weight excluding hydrogens is 311 g/mol. The number of halogens is 1. The zero-order valence-corrected chi connectivity index (χ0v) is 14.3. The number of piperidine rings is 1. The van der Waals surface area contributed by atoms with Gasteiger partial charge in [0.1, 0.15) is 17.8 Å². The molecule has 1 fully saturated rings. The molecule has 0 aromatic carbocycles. The summed E-state index contributed by atoms with van der Waals surface area (Å²) < 4.78 is 15.0. The third-order valence-electron chi connectivity index (χ3n) is 4.43. The number of aromatic amines is 1. The first kappa shape index (κ1) is 16.6. The maximum absolute atomic E-state index is 15.0. The second-order valence-corrected chi connectivity index (χ2v) is 7.40. The van der Waals surface area contributed by atoms with E-state index < -0.39 is 11.1 Å². The van der Waals surface area contributed by atoms with Crippen molar-refractivity contribution in [3.8, 4) is 0 Å². The zero-order chi connectivity index (χ0) is 17.4. The maximum Gasteiger partial charge on any atom is 0.225 e. The number of alkyl halides is 1. The summed E-state index contributed by atoms with van der Waals surface area (Å²) in [6.07, 6.45) is 3.86. The van der Waals surface area contributed by atoms with Crippen molar-refractivity contribution in [2.45, 2.75) is 39.3 Å². The Labute approximate surface area is 140 Å². The molecule has 1 saturated heterocycles. The van der Waals surface area contributed by atoms with Crippen molar-refractivity contribution >= 4 is 22.8 Å². The summed E-state index contributed by atoms with van der Waals surface area (Å²) in [7, 11) is 0. The molecule has 0 atom stereocenters. The first-order valence-electron chi connectivity index (χ1n) is 8.15. The van der Waals surface area contributed by atoms with Gasteiger partial charge in [-0.2, -0.15) is 5.10 Å². The summed E-state index contributed by atoms with van der Waals surface area (Å²) in [5, 5.41) is 10.4. The highest BCUT2D eigenvalue weighted by Gasteiger charge is 2.36. The van der Waals surface area contributed by atoms with Crippen molar-refractivity contribution in [1.29, 1.82) is 0 Å². The third-order valence-corrected chi connectivity index (χ3v) is 4.43. The molecule has 0 radical (unpaired) electrons. The van der Waals surface area contributed by atoms with E-state index >= 15 is 0 Å². The highest BCUT2D eigenvalue weighted by atomic mass is 19.1. The second-order valence-electron chi connectivity index (χ2n) is 7.40. The lowest BCUT2D eigenvalue weighted by atomic mass is 9.91. The lowest BCUT2D eigenvalue weighted by molar-refractivity contribution is -0.129. The van der Waals surface area contributed by atoms with E-state index in [1.165, 1.54) is 6.33 Å². The van der Waals surface area contributed by atoms with Gasteiger partial charge < -0.3 is 10.2 Å². The second kappa shape index (κ2) is 5.99. The Morgan fingerprint density at radius 2 is 2.08 bits per heavy atom. The number of hydrogen-bond acceptors (Lipinski definition) is 5. The van der Waals surface area contributed by atoms with Crippen molar-refractivity contribution in [3.63, 3.8) is 0 Å². The quantitative estimate of drug-likeness (QED) is 0.894. The van der Waals surface area contributed by atoms with E-state index in [2.05, 4.69) is 25.5 Å². The summed E-state index contributed by atoms with van der Waals surface area (Å²) in [6, 6.07) is 0. The summed E-state index contributed by atoms with van der Waals surface area (Å²) >= 11 is 0. The molecule has 2 aromatic rings. The van der Waals surface area contributed by atoms with E-state index in [1.54, 1.807) is 6.20 Å². The van der Waals surface area contributed by atoms with E-state index in [9.17, 15) is 9.18 Å². The van der Waals surface area contributed by atoms with Crippen LogP contribution in [0.3, 0.4) is 0 Å².